The van der Waals surface area contributed by atoms with Crippen LogP contribution in [0.15, 0.2) is 0 Å². The highest BCUT2D eigenvalue weighted by atomic mass is 32.1. The van der Waals surface area contributed by atoms with Gasteiger partial charge in [-0.05, 0) is 37.7 Å². The molecule has 1 heterocycles. The van der Waals surface area contributed by atoms with Crippen LogP contribution in [0.25, 0.3) is 0 Å². The quantitative estimate of drug-likeness (QED) is 0.891. The summed E-state index contributed by atoms with van der Waals surface area (Å²) in [4.78, 5) is 13.7. The second-order valence-electron chi connectivity index (χ2n) is 4.67. The average Bonchev–Trinajstić information content (AvgIpc) is 2.67. The van der Waals surface area contributed by atoms with Gasteiger partial charge in [0.1, 0.15) is 11.1 Å². The van der Waals surface area contributed by atoms with Crippen molar-refractivity contribution in [2.75, 3.05) is 11.4 Å². The molecule has 18 heavy (non-hydrogen) atoms. The van der Waals surface area contributed by atoms with Gasteiger partial charge in [-0.15, -0.1) is 11.3 Å². The summed E-state index contributed by atoms with van der Waals surface area (Å²) in [5, 5.41) is 19.1. The number of thiophene rings is 1. The lowest BCUT2D eigenvalue weighted by Crippen LogP contribution is -2.28. The van der Waals surface area contributed by atoms with Gasteiger partial charge in [0.15, 0.2) is 0 Å². The van der Waals surface area contributed by atoms with Gasteiger partial charge in [0.05, 0.1) is 5.56 Å². The molecule has 0 aromatic carbocycles. The Labute approximate surface area is 110 Å². The van der Waals surface area contributed by atoms with Gasteiger partial charge in [-0.1, -0.05) is 6.92 Å². The molecular weight excluding hydrogens is 248 g/mol. The topological polar surface area (TPSA) is 64.3 Å². The van der Waals surface area contributed by atoms with Gasteiger partial charge >= 0.3 is 6.09 Å². The molecule has 0 radical (unpaired) electrons. The van der Waals surface area contributed by atoms with Crippen molar-refractivity contribution in [1.82, 2.24) is 0 Å². The van der Waals surface area contributed by atoms with Crippen LogP contribution in [0.1, 0.15) is 36.3 Å². The summed E-state index contributed by atoms with van der Waals surface area (Å²) in [5.41, 5.74) is 1.65. The summed E-state index contributed by atoms with van der Waals surface area (Å²) in [5.74, 6) is 0.576. The molecular formula is C13H16N2O2S. The predicted octanol–water partition coefficient (Wildman–Crippen LogP) is 3.25. The van der Waals surface area contributed by atoms with E-state index < -0.39 is 6.09 Å². The second kappa shape index (κ2) is 4.99. The summed E-state index contributed by atoms with van der Waals surface area (Å²) < 4.78 is 0. The SMILES string of the molecule is CCN(C(=O)O)c1sc2c(c1C#N)CC(C)CC2. The summed E-state index contributed by atoms with van der Waals surface area (Å²) in [6.07, 6.45) is 2.00. The molecule has 4 nitrogen and oxygen atoms in total. The number of anilines is 1. The highest BCUT2D eigenvalue weighted by Crippen LogP contribution is 2.41. The van der Waals surface area contributed by atoms with Crippen LogP contribution < -0.4 is 4.90 Å². The zero-order chi connectivity index (χ0) is 13.3. The van der Waals surface area contributed by atoms with E-state index in [0.717, 1.165) is 24.8 Å². The third kappa shape index (κ3) is 2.08. The van der Waals surface area contributed by atoms with Crippen molar-refractivity contribution in [2.45, 2.75) is 33.1 Å². The molecule has 1 aliphatic rings. The number of carbonyl (C=O) groups is 1. The fraction of sp³-hybridized carbons (Fsp3) is 0.538. The number of rotatable bonds is 2. The third-order valence-corrected chi connectivity index (χ3v) is 4.71. The molecule has 0 spiro atoms. The van der Waals surface area contributed by atoms with Crippen molar-refractivity contribution in [3.8, 4) is 6.07 Å². The first-order valence-corrected chi connectivity index (χ1v) is 6.95. The van der Waals surface area contributed by atoms with Crippen LogP contribution in [0.4, 0.5) is 9.80 Å². The highest BCUT2D eigenvalue weighted by Gasteiger charge is 2.27. The van der Waals surface area contributed by atoms with Gasteiger partial charge in [0.2, 0.25) is 0 Å². The summed E-state index contributed by atoms with van der Waals surface area (Å²) in [6, 6.07) is 2.20. The molecule has 1 atom stereocenters. The molecule has 0 fully saturated rings. The number of fused-ring (bicyclic) bond motifs is 1. The number of nitriles is 1. The van der Waals surface area contributed by atoms with Gasteiger partial charge in [-0.3, -0.25) is 4.90 Å². The van der Waals surface area contributed by atoms with Crippen LogP contribution >= 0.6 is 11.3 Å². The molecule has 1 aromatic heterocycles. The van der Waals surface area contributed by atoms with Crippen LogP contribution in [-0.4, -0.2) is 17.7 Å². The minimum atomic E-state index is -0.986. The molecule has 2 rings (SSSR count). The number of hydrogen-bond donors (Lipinski definition) is 1. The Morgan fingerprint density at radius 2 is 2.39 bits per heavy atom. The van der Waals surface area contributed by atoms with E-state index in [9.17, 15) is 15.2 Å². The first kappa shape index (κ1) is 12.9. The molecule has 1 amide bonds. The monoisotopic (exact) mass is 264 g/mol. The lowest BCUT2D eigenvalue weighted by atomic mass is 9.88. The first-order chi connectivity index (χ1) is 8.58. The number of aryl methyl sites for hydroxylation is 1. The Morgan fingerprint density at radius 1 is 1.67 bits per heavy atom. The number of carboxylic acid groups (broad SMARTS) is 1. The van der Waals surface area contributed by atoms with Crippen molar-refractivity contribution < 1.29 is 9.90 Å². The summed E-state index contributed by atoms with van der Waals surface area (Å²) in [6.45, 7) is 4.34. The smallest absolute Gasteiger partial charge is 0.412 e. The molecule has 96 valence electrons. The van der Waals surface area contributed by atoms with Gasteiger partial charge in [0.25, 0.3) is 0 Å². The van der Waals surface area contributed by atoms with Gasteiger partial charge < -0.3 is 5.11 Å². The fourth-order valence-corrected chi connectivity index (χ4v) is 3.76. The zero-order valence-electron chi connectivity index (χ0n) is 10.6. The van der Waals surface area contributed by atoms with Crippen molar-refractivity contribution in [3.05, 3.63) is 16.0 Å². The standard InChI is InChI=1S/C13H16N2O2S/c1-3-15(13(16)17)12-10(7-14)9-6-8(2)4-5-11(9)18-12/h8H,3-6H2,1-2H3,(H,16,17). The molecule has 1 aliphatic carbocycles. The Morgan fingerprint density at radius 3 is 2.94 bits per heavy atom. The van der Waals surface area contributed by atoms with E-state index >= 15 is 0 Å². The maximum Gasteiger partial charge on any atom is 0.412 e. The van der Waals surface area contributed by atoms with E-state index in [-0.39, 0.29) is 0 Å². The Hall–Kier alpha value is -1.54. The second-order valence-corrected chi connectivity index (χ2v) is 5.75. The Bertz CT molecular complexity index is 516. The van der Waals surface area contributed by atoms with Crippen molar-refractivity contribution >= 4 is 22.4 Å². The third-order valence-electron chi connectivity index (χ3n) is 3.39. The van der Waals surface area contributed by atoms with Crippen molar-refractivity contribution in [1.29, 1.82) is 5.26 Å². The molecule has 0 saturated heterocycles. The molecule has 5 heteroatoms. The van der Waals surface area contributed by atoms with Crippen LogP contribution in [0, 0.1) is 17.2 Å². The lowest BCUT2D eigenvalue weighted by Gasteiger charge is -2.17. The Balaban J connectivity index is 2.50. The van der Waals surface area contributed by atoms with Gasteiger partial charge in [-0.2, -0.15) is 5.26 Å². The van der Waals surface area contributed by atoms with Crippen LogP contribution in [0.2, 0.25) is 0 Å². The largest absolute Gasteiger partial charge is 0.465 e. The molecule has 0 bridgehead atoms. The highest BCUT2D eigenvalue weighted by molar-refractivity contribution is 7.16. The van der Waals surface area contributed by atoms with E-state index in [1.54, 1.807) is 6.92 Å². The molecule has 0 aliphatic heterocycles. The number of amides is 1. The molecule has 1 aromatic rings. The predicted molar refractivity (Wildman–Crippen MR) is 71.3 cm³/mol. The first-order valence-electron chi connectivity index (χ1n) is 6.13. The zero-order valence-corrected chi connectivity index (χ0v) is 11.4. The van der Waals surface area contributed by atoms with E-state index in [1.165, 1.54) is 21.1 Å². The van der Waals surface area contributed by atoms with E-state index in [2.05, 4.69) is 13.0 Å². The maximum atomic E-state index is 11.2. The van der Waals surface area contributed by atoms with E-state index in [1.807, 2.05) is 0 Å². The number of nitrogens with zero attached hydrogens (tertiary/aromatic N) is 2. The van der Waals surface area contributed by atoms with E-state index in [4.69, 9.17) is 0 Å². The Kier molecular flexibility index (Phi) is 3.58. The molecule has 0 saturated carbocycles. The minimum Gasteiger partial charge on any atom is -0.465 e. The lowest BCUT2D eigenvalue weighted by molar-refractivity contribution is 0.202. The summed E-state index contributed by atoms with van der Waals surface area (Å²) >= 11 is 1.47. The van der Waals surface area contributed by atoms with Crippen LogP contribution in [0.5, 0.6) is 0 Å². The average molecular weight is 264 g/mol. The van der Waals surface area contributed by atoms with Crippen molar-refractivity contribution in [3.63, 3.8) is 0 Å². The maximum absolute atomic E-state index is 11.2. The van der Waals surface area contributed by atoms with E-state index in [0.29, 0.717) is 23.0 Å². The van der Waals surface area contributed by atoms with Gasteiger partial charge in [-0.25, -0.2) is 4.79 Å². The normalized spacial score (nSPS) is 17.9. The van der Waals surface area contributed by atoms with Crippen LogP contribution in [0.3, 0.4) is 0 Å². The fourth-order valence-electron chi connectivity index (χ4n) is 2.41. The number of hydrogen-bond acceptors (Lipinski definition) is 3. The van der Waals surface area contributed by atoms with Gasteiger partial charge in [0, 0.05) is 11.4 Å². The van der Waals surface area contributed by atoms with Crippen LogP contribution in [-0.2, 0) is 12.8 Å². The van der Waals surface area contributed by atoms with Crippen molar-refractivity contribution in [2.24, 2.45) is 5.92 Å². The molecule has 1 unspecified atom stereocenters. The minimum absolute atomic E-state index is 0.374. The summed E-state index contributed by atoms with van der Waals surface area (Å²) in [7, 11) is 0. The molecule has 1 N–H and O–H groups in total.